The summed E-state index contributed by atoms with van der Waals surface area (Å²) in [5, 5.41) is 0. The fraction of sp³-hybridized carbons (Fsp3) is 0.300. The molecule has 0 unspecified atom stereocenters. The summed E-state index contributed by atoms with van der Waals surface area (Å²) in [5.74, 6) is 0.572. The number of ether oxygens (including phenoxy) is 1. The maximum atomic E-state index is 11.8. The van der Waals surface area contributed by atoms with Gasteiger partial charge < -0.3 is 4.74 Å². The fourth-order valence-electron chi connectivity index (χ4n) is 0.994. The first-order chi connectivity index (χ1) is 6.27. The fourth-order valence-corrected chi connectivity index (χ4v) is 0.994. The van der Waals surface area contributed by atoms with E-state index in [-0.39, 0.29) is 6.61 Å². The molecule has 0 heterocycles. The van der Waals surface area contributed by atoms with Gasteiger partial charge in [-0.3, -0.25) is 4.79 Å². The normalized spacial score (nSPS) is 9.69. The van der Waals surface area contributed by atoms with E-state index >= 15 is 0 Å². The van der Waals surface area contributed by atoms with Crippen molar-refractivity contribution in [3.8, 4) is 5.75 Å². The number of rotatable bonds is 4. The second-order valence-electron chi connectivity index (χ2n) is 2.68. The molecule has 0 bridgehead atoms. The largest absolute Gasteiger partial charge is 0.491 e. The van der Waals surface area contributed by atoms with Crippen molar-refractivity contribution in [3.05, 3.63) is 29.3 Å². The molecule has 0 aliphatic heterocycles. The van der Waals surface area contributed by atoms with Crippen LogP contribution in [-0.4, -0.2) is 19.6 Å². The van der Waals surface area contributed by atoms with E-state index < -0.39 is 6.67 Å². The molecule has 1 aromatic rings. The molecular weight excluding hydrogens is 171 g/mol. The van der Waals surface area contributed by atoms with Crippen LogP contribution >= 0.6 is 0 Å². The predicted octanol–water partition coefficient (Wildman–Crippen LogP) is 2.16. The summed E-state index contributed by atoms with van der Waals surface area (Å²) in [6.07, 6.45) is 0.738. The Morgan fingerprint density at radius 3 is 2.92 bits per heavy atom. The summed E-state index contributed by atoms with van der Waals surface area (Å²) in [7, 11) is 0. The Bertz CT molecular complexity index is 297. The van der Waals surface area contributed by atoms with E-state index in [9.17, 15) is 9.18 Å². The quantitative estimate of drug-likeness (QED) is 0.667. The molecule has 0 radical (unpaired) electrons. The lowest BCUT2D eigenvalue weighted by Crippen LogP contribution is -2.00. The second-order valence-corrected chi connectivity index (χ2v) is 2.68. The Labute approximate surface area is 76.3 Å². The number of hydrogen-bond donors (Lipinski definition) is 0. The van der Waals surface area contributed by atoms with E-state index in [0.717, 1.165) is 11.8 Å². The molecule has 1 aromatic carbocycles. The van der Waals surface area contributed by atoms with Crippen molar-refractivity contribution in [1.29, 1.82) is 0 Å². The molecule has 3 heteroatoms. The smallest absolute Gasteiger partial charge is 0.150 e. The van der Waals surface area contributed by atoms with Crippen molar-refractivity contribution in [2.45, 2.75) is 6.92 Å². The zero-order valence-electron chi connectivity index (χ0n) is 7.42. The molecule has 70 valence electrons. The highest BCUT2D eigenvalue weighted by molar-refractivity contribution is 5.75. The topological polar surface area (TPSA) is 26.3 Å². The third-order valence-corrected chi connectivity index (χ3v) is 1.68. The zero-order chi connectivity index (χ0) is 9.68. The molecule has 0 spiro atoms. The SMILES string of the molecule is Cc1ccc(C=O)cc1OCCF. The van der Waals surface area contributed by atoms with Crippen molar-refractivity contribution in [2.75, 3.05) is 13.3 Å². The number of benzene rings is 1. The highest BCUT2D eigenvalue weighted by Crippen LogP contribution is 2.18. The molecule has 0 aromatic heterocycles. The van der Waals surface area contributed by atoms with Crippen molar-refractivity contribution in [1.82, 2.24) is 0 Å². The third-order valence-electron chi connectivity index (χ3n) is 1.68. The molecular formula is C10H11FO2. The number of alkyl halides is 1. The Hall–Kier alpha value is -1.38. The van der Waals surface area contributed by atoms with E-state index in [1.807, 2.05) is 6.92 Å². The van der Waals surface area contributed by atoms with E-state index in [0.29, 0.717) is 11.3 Å². The maximum absolute atomic E-state index is 11.8. The minimum atomic E-state index is -0.523. The van der Waals surface area contributed by atoms with Crippen LogP contribution in [-0.2, 0) is 0 Å². The minimum Gasteiger partial charge on any atom is -0.491 e. The van der Waals surface area contributed by atoms with Crippen LogP contribution in [0.3, 0.4) is 0 Å². The van der Waals surface area contributed by atoms with Gasteiger partial charge in [0.15, 0.2) is 0 Å². The van der Waals surface area contributed by atoms with Gasteiger partial charge in [0.1, 0.15) is 25.3 Å². The van der Waals surface area contributed by atoms with E-state index in [4.69, 9.17) is 4.74 Å². The van der Waals surface area contributed by atoms with Gasteiger partial charge in [-0.25, -0.2) is 4.39 Å². The van der Waals surface area contributed by atoms with Crippen LogP contribution in [0.1, 0.15) is 15.9 Å². The van der Waals surface area contributed by atoms with Crippen LogP contribution in [0.5, 0.6) is 5.75 Å². The van der Waals surface area contributed by atoms with Gasteiger partial charge in [0.25, 0.3) is 0 Å². The minimum absolute atomic E-state index is 0.0309. The highest BCUT2D eigenvalue weighted by Gasteiger charge is 2.00. The molecule has 0 fully saturated rings. The number of carbonyl (C=O) groups is 1. The monoisotopic (exact) mass is 182 g/mol. The number of hydrogen-bond acceptors (Lipinski definition) is 2. The lowest BCUT2D eigenvalue weighted by atomic mass is 10.1. The van der Waals surface area contributed by atoms with Gasteiger partial charge in [-0.2, -0.15) is 0 Å². The number of aldehydes is 1. The van der Waals surface area contributed by atoms with Crippen LogP contribution in [0, 0.1) is 6.92 Å². The van der Waals surface area contributed by atoms with Gasteiger partial charge in [-0.1, -0.05) is 12.1 Å². The van der Waals surface area contributed by atoms with Crippen molar-refractivity contribution in [3.63, 3.8) is 0 Å². The first kappa shape index (κ1) is 9.71. The lowest BCUT2D eigenvalue weighted by Gasteiger charge is -2.07. The molecule has 0 atom stereocenters. The van der Waals surface area contributed by atoms with Crippen LogP contribution in [0.2, 0.25) is 0 Å². The first-order valence-electron chi connectivity index (χ1n) is 4.02. The molecule has 1 rings (SSSR count). The van der Waals surface area contributed by atoms with Gasteiger partial charge in [0.05, 0.1) is 0 Å². The van der Waals surface area contributed by atoms with Crippen LogP contribution in [0.4, 0.5) is 4.39 Å². The van der Waals surface area contributed by atoms with Crippen LogP contribution < -0.4 is 4.74 Å². The van der Waals surface area contributed by atoms with Crippen molar-refractivity contribution < 1.29 is 13.9 Å². The molecule has 13 heavy (non-hydrogen) atoms. The van der Waals surface area contributed by atoms with Crippen LogP contribution in [0.25, 0.3) is 0 Å². The molecule has 0 amide bonds. The number of aryl methyl sites for hydroxylation is 1. The van der Waals surface area contributed by atoms with Crippen LogP contribution in [0.15, 0.2) is 18.2 Å². The summed E-state index contributed by atoms with van der Waals surface area (Å²) >= 11 is 0. The summed E-state index contributed by atoms with van der Waals surface area (Å²) in [6.45, 7) is 1.36. The van der Waals surface area contributed by atoms with E-state index in [1.54, 1.807) is 18.2 Å². The van der Waals surface area contributed by atoms with E-state index in [1.165, 1.54) is 0 Å². The predicted molar refractivity (Wildman–Crippen MR) is 48.0 cm³/mol. The van der Waals surface area contributed by atoms with Gasteiger partial charge in [-0.05, 0) is 18.6 Å². The number of halogens is 1. The third kappa shape index (κ3) is 2.54. The zero-order valence-corrected chi connectivity index (χ0v) is 7.42. The Kier molecular flexibility index (Phi) is 3.43. The van der Waals surface area contributed by atoms with Gasteiger partial charge in [0.2, 0.25) is 0 Å². The molecule has 2 nitrogen and oxygen atoms in total. The van der Waals surface area contributed by atoms with Crippen molar-refractivity contribution in [2.24, 2.45) is 0 Å². The second kappa shape index (κ2) is 4.60. The van der Waals surface area contributed by atoms with Gasteiger partial charge in [0, 0.05) is 5.56 Å². The summed E-state index contributed by atoms with van der Waals surface area (Å²) in [4.78, 5) is 10.4. The first-order valence-corrected chi connectivity index (χ1v) is 4.02. The highest BCUT2D eigenvalue weighted by atomic mass is 19.1. The number of carbonyl (C=O) groups excluding carboxylic acids is 1. The van der Waals surface area contributed by atoms with Crippen molar-refractivity contribution >= 4 is 6.29 Å². The molecule has 0 saturated heterocycles. The molecule has 0 aliphatic carbocycles. The van der Waals surface area contributed by atoms with Gasteiger partial charge in [-0.15, -0.1) is 0 Å². The molecule has 0 saturated carbocycles. The Balaban J connectivity index is 2.83. The molecule has 0 aliphatic rings. The average Bonchev–Trinajstić information content (AvgIpc) is 2.17. The lowest BCUT2D eigenvalue weighted by molar-refractivity contribution is 0.112. The Morgan fingerprint density at radius 1 is 1.54 bits per heavy atom. The maximum Gasteiger partial charge on any atom is 0.150 e. The van der Waals surface area contributed by atoms with E-state index in [2.05, 4.69) is 0 Å². The standard InChI is InChI=1S/C10H11FO2/c1-8-2-3-9(7-12)6-10(8)13-5-4-11/h2-3,6-7H,4-5H2,1H3. The average molecular weight is 182 g/mol. The molecule has 0 N–H and O–H groups in total. The summed E-state index contributed by atoms with van der Waals surface area (Å²) in [5.41, 5.74) is 1.44. The summed E-state index contributed by atoms with van der Waals surface area (Å²) in [6, 6.07) is 5.08. The Morgan fingerprint density at radius 2 is 2.31 bits per heavy atom. The summed E-state index contributed by atoms with van der Waals surface area (Å²) < 4.78 is 16.9. The van der Waals surface area contributed by atoms with Gasteiger partial charge >= 0.3 is 0 Å².